The van der Waals surface area contributed by atoms with E-state index in [4.69, 9.17) is 5.26 Å². The number of aryl methyl sites for hydroxylation is 1. The Balaban J connectivity index is 1.96. The van der Waals surface area contributed by atoms with Crippen molar-refractivity contribution in [2.24, 2.45) is 0 Å². The number of hydrogen-bond donors (Lipinski definition) is 1. The van der Waals surface area contributed by atoms with Crippen molar-refractivity contribution < 1.29 is 13.2 Å². The molecule has 0 fully saturated rings. The standard InChI is InChI=1S/C20H23N3O3S/c1-3-23(4-2)27(25,26)19-11-8-16(9-12-19)10-13-20(24)22-18-7-5-6-17(14-18)15-21/h5-9,11-12,14H,3-4,10,13H2,1-2H3,(H,22,24). The van der Waals surface area contributed by atoms with Crippen LogP contribution in [0.3, 0.4) is 0 Å². The van der Waals surface area contributed by atoms with E-state index in [9.17, 15) is 13.2 Å². The number of rotatable bonds is 8. The highest BCUT2D eigenvalue weighted by atomic mass is 32.2. The molecule has 2 rings (SSSR count). The lowest BCUT2D eigenvalue weighted by Gasteiger charge is -2.18. The SMILES string of the molecule is CCN(CC)S(=O)(=O)c1ccc(CCC(=O)Nc2cccc(C#N)c2)cc1. The smallest absolute Gasteiger partial charge is 0.243 e. The zero-order valence-electron chi connectivity index (χ0n) is 15.5. The Morgan fingerprint density at radius 3 is 2.37 bits per heavy atom. The van der Waals surface area contributed by atoms with Crippen molar-refractivity contribution in [2.75, 3.05) is 18.4 Å². The lowest BCUT2D eigenvalue weighted by atomic mass is 10.1. The molecule has 0 saturated carbocycles. The van der Waals surface area contributed by atoms with Gasteiger partial charge in [0.25, 0.3) is 0 Å². The topological polar surface area (TPSA) is 90.3 Å². The largest absolute Gasteiger partial charge is 0.326 e. The second-order valence-corrected chi connectivity index (χ2v) is 7.91. The summed E-state index contributed by atoms with van der Waals surface area (Å²) >= 11 is 0. The fraction of sp³-hybridized carbons (Fsp3) is 0.300. The fourth-order valence-corrected chi connectivity index (χ4v) is 4.15. The quantitative estimate of drug-likeness (QED) is 0.756. The van der Waals surface area contributed by atoms with E-state index in [0.717, 1.165) is 5.56 Å². The molecule has 27 heavy (non-hydrogen) atoms. The van der Waals surface area contributed by atoms with Crippen LogP contribution in [0.5, 0.6) is 0 Å². The molecule has 1 amide bonds. The van der Waals surface area contributed by atoms with Gasteiger partial charge in [0.2, 0.25) is 15.9 Å². The molecule has 0 radical (unpaired) electrons. The van der Waals surface area contributed by atoms with Crippen molar-refractivity contribution in [3.05, 3.63) is 59.7 Å². The van der Waals surface area contributed by atoms with Crippen LogP contribution in [0.25, 0.3) is 0 Å². The molecule has 0 aliphatic carbocycles. The molecule has 142 valence electrons. The van der Waals surface area contributed by atoms with Crippen molar-refractivity contribution in [3.8, 4) is 6.07 Å². The number of nitrogens with zero attached hydrogens (tertiary/aromatic N) is 2. The summed E-state index contributed by atoms with van der Waals surface area (Å²) in [4.78, 5) is 12.3. The average Bonchev–Trinajstić information content (AvgIpc) is 2.67. The lowest BCUT2D eigenvalue weighted by molar-refractivity contribution is -0.116. The van der Waals surface area contributed by atoms with E-state index in [-0.39, 0.29) is 17.2 Å². The summed E-state index contributed by atoms with van der Waals surface area (Å²) in [5.41, 5.74) is 1.95. The Hall–Kier alpha value is -2.69. The van der Waals surface area contributed by atoms with E-state index in [1.807, 2.05) is 6.07 Å². The van der Waals surface area contributed by atoms with Crippen LogP contribution in [-0.4, -0.2) is 31.7 Å². The van der Waals surface area contributed by atoms with Crippen molar-refractivity contribution in [1.82, 2.24) is 4.31 Å². The van der Waals surface area contributed by atoms with Gasteiger partial charge in [-0.15, -0.1) is 0 Å². The third-order valence-corrected chi connectivity index (χ3v) is 6.25. The first-order valence-corrected chi connectivity index (χ1v) is 10.2. The average molecular weight is 385 g/mol. The summed E-state index contributed by atoms with van der Waals surface area (Å²) < 4.78 is 26.3. The minimum Gasteiger partial charge on any atom is -0.326 e. The van der Waals surface area contributed by atoms with E-state index < -0.39 is 10.0 Å². The minimum absolute atomic E-state index is 0.162. The molecule has 0 bridgehead atoms. The predicted molar refractivity (Wildman–Crippen MR) is 105 cm³/mol. The highest BCUT2D eigenvalue weighted by Gasteiger charge is 2.21. The molecule has 7 heteroatoms. The van der Waals surface area contributed by atoms with Crippen molar-refractivity contribution in [3.63, 3.8) is 0 Å². The van der Waals surface area contributed by atoms with E-state index in [1.165, 1.54) is 4.31 Å². The monoisotopic (exact) mass is 385 g/mol. The Labute approximate surface area is 160 Å². The fourth-order valence-electron chi connectivity index (χ4n) is 2.69. The summed E-state index contributed by atoms with van der Waals surface area (Å²) in [5.74, 6) is -0.162. The number of carbonyl (C=O) groups is 1. The van der Waals surface area contributed by atoms with E-state index in [1.54, 1.807) is 62.4 Å². The predicted octanol–water partition coefficient (Wildman–Crippen LogP) is 3.16. The van der Waals surface area contributed by atoms with Crippen LogP contribution in [0.1, 0.15) is 31.4 Å². The van der Waals surface area contributed by atoms with Gasteiger partial charge in [-0.2, -0.15) is 9.57 Å². The van der Waals surface area contributed by atoms with E-state index >= 15 is 0 Å². The van der Waals surface area contributed by atoms with Gasteiger partial charge in [-0.05, 0) is 42.3 Å². The second kappa shape index (κ2) is 9.31. The maximum atomic E-state index is 12.5. The zero-order valence-corrected chi connectivity index (χ0v) is 16.3. The summed E-state index contributed by atoms with van der Waals surface area (Å²) in [6, 6.07) is 15.4. The molecular formula is C20H23N3O3S. The number of amides is 1. The second-order valence-electron chi connectivity index (χ2n) is 5.97. The Kier molecular flexibility index (Phi) is 7.11. The molecule has 0 atom stereocenters. The number of carbonyl (C=O) groups excluding carboxylic acids is 1. The lowest BCUT2D eigenvalue weighted by Crippen LogP contribution is -2.30. The molecule has 0 aliphatic heterocycles. The van der Waals surface area contributed by atoms with Crippen LogP contribution in [0.4, 0.5) is 5.69 Å². The van der Waals surface area contributed by atoms with E-state index in [2.05, 4.69) is 5.32 Å². The van der Waals surface area contributed by atoms with Crippen LogP contribution < -0.4 is 5.32 Å². The Morgan fingerprint density at radius 1 is 1.11 bits per heavy atom. The number of nitrogens with one attached hydrogen (secondary N) is 1. The van der Waals surface area contributed by atoms with Crippen LogP contribution >= 0.6 is 0 Å². The van der Waals surface area contributed by atoms with Crippen LogP contribution in [0.2, 0.25) is 0 Å². The number of nitriles is 1. The molecule has 0 heterocycles. The molecule has 0 unspecified atom stereocenters. The Morgan fingerprint density at radius 2 is 1.78 bits per heavy atom. The first-order chi connectivity index (χ1) is 12.9. The van der Waals surface area contributed by atoms with Gasteiger partial charge in [0.05, 0.1) is 16.5 Å². The highest BCUT2D eigenvalue weighted by Crippen LogP contribution is 2.17. The van der Waals surface area contributed by atoms with Gasteiger partial charge in [-0.1, -0.05) is 32.0 Å². The van der Waals surface area contributed by atoms with Crippen LogP contribution in [0, 0.1) is 11.3 Å². The van der Waals surface area contributed by atoms with Gasteiger partial charge in [0.1, 0.15) is 0 Å². The van der Waals surface area contributed by atoms with Crippen LogP contribution in [0.15, 0.2) is 53.4 Å². The highest BCUT2D eigenvalue weighted by molar-refractivity contribution is 7.89. The normalized spacial score (nSPS) is 11.2. The molecule has 2 aromatic rings. The maximum absolute atomic E-state index is 12.5. The van der Waals surface area contributed by atoms with Crippen molar-refractivity contribution in [2.45, 2.75) is 31.6 Å². The summed E-state index contributed by atoms with van der Waals surface area (Å²) in [5, 5.41) is 11.6. The molecule has 0 aliphatic rings. The summed E-state index contributed by atoms with van der Waals surface area (Å²) in [7, 11) is -3.47. The zero-order chi connectivity index (χ0) is 19.9. The van der Waals surface area contributed by atoms with E-state index in [0.29, 0.717) is 30.8 Å². The Bertz CT molecular complexity index is 928. The third kappa shape index (κ3) is 5.39. The number of anilines is 1. The summed E-state index contributed by atoms with van der Waals surface area (Å²) in [6.45, 7) is 4.46. The molecule has 0 saturated heterocycles. The minimum atomic E-state index is -3.47. The molecule has 6 nitrogen and oxygen atoms in total. The third-order valence-electron chi connectivity index (χ3n) is 4.18. The number of sulfonamides is 1. The van der Waals surface area contributed by atoms with Gasteiger partial charge in [-0.3, -0.25) is 4.79 Å². The van der Waals surface area contributed by atoms with Gasteiger partial charge in [0, 0.05) is 25.2 Å². The molecule has 1 N–H and O–H groups in total. The molecule has 0 aromatic heterocycles. The van der Waals surface area contributed by atoms with Gasteiger partial charge in [-0.25, -0.2) is 8.42 Å². The molecule has 0 spiro atoms. The van der Waals surface area contributed by atoms with Gasteiger partial charge < -0.3 is 5.32 Å². The van der Waals surface area contributed by atoms with Gasteiger partial charge >= 0.3 is 0 Å². The van der Waals surface area contributed by atoms with Crippen molar-refractivity contribution in [1.29, 1.82) is 5.26 Å². The molecule has 2 aromatic carbocycles. The van der Waals surface area contributed by atoms with Gasteiger partial charge in [0.15, 0.2) is 0 Å². The first kappa shape index (κ1) is 20.6. The van der Waals surface area contributed by atoms with Crippen LogP contribution in [-0.2, 0) is 21.2 Å². The maximum Gasteiger partial charge on any atom is 0.243 e. The van der Waals surface area contributed by atoms with Crippen molar-refractivity contribution >= 4 is 21.6 Å². The molecular weight excluding hydrogens is 362 g/mol. The summed E-state index contributed by atoms with van der Waals surface area (Å²) in [6.07, 6.45) is 0.758. The number of benzene rings is 2. The first-order valence-electron chi connectivity index (χ1n) is 8.79. The number of hydrogen-bond acceptors (Lipinski definition) is 4.